The maximum Gasteiger partial charge on any atom is 0.193 e. The molecule has 1 fully saturated rings. The number of hydrogen-bond donors (Lipinski definition) is 2. The molecule has 1 aliphatic rings. The van der Waals surface area contributed by atoms with E-state index in [4.69, 9.17) is 10.5 Å². The summed E-state index contributed by atoms with van der Waals surface area (Å²) in [5, 5.41) is 3.12. The summed E-state index contributed by atoms with van der Waals surface area (Å²) in [5.74, 6) is 1.72. The fraction of sp³-hybridized carbons (Fsp3) is 0.316. The Labute approximate surface area is 143 Å². The van der Waals surface area contributed by atoms with Gasteiger partial charge in [-0.15, -0.1) is 0 Å². The number of methoxy groups -OCH3 is 1. The molecule has 24 heavy (non-hydrogen) atoms. The van der Waals surface area contributed by atoms with Crippen LogP contribution in [-0.4, -0.2) is 32.7 Å². The maximum absolute atomic E-state index is 6.02. The molecule has 3 N–H and O–H groups in total. The van der Waals surface area contributed by atoms with Crippen molar-refractivity contribution in [2.24, 2.45) is 16.6 Å². The standard InChI is InChI=1S/C19H24N4O/c1-24-18-10-6-5-9-17(18)22-19(20)21-13-15-11-12-23(14-15)16-7-3-2-4-8-16/h2-10,15H,11-14H2,1H3,(H3,20,21,22). The van der Waals surface area contributed by atoms with Crippen LogP contribution in [-0.2, 0) is 0 Å². The fourth-order valence-corrected chi connectivity index (χ4v) is 3.01. The van der Waals surface area contributed by atoms with Gasteiger partial charge in [0.1, 0.15) is 5.75 Å². The number of rotatable bonds is 5. The van der Waals surface area contributed by atoms with Crippen LogP contribution in [0.4, 0.5) is 11.4 Å². The van der Waals surface area contributed by atoms with Crippen LogP contribution >= 0.6 is 0 Å². The van der Waals surface area contributed by atoms with E-state index in [0.717, 1.165) is 37.5 Å². The van der Waals surface area contributed by atoms with Gasteiger partial charge in [0.15, 0.2) is 5.96 Å². The van der Waals surface area contributed by atoms with Gasteiger partial charge in [0, 0.05) is 25.3 Å². The average Bonchev–Trinajstić information content (AvgIpc) is 3.10. The highest BCUT2D eigenvalue weighted by molar-refractivity contribution is 5.93. The number of benzene rings is 2. The first-order valence-electron chi connectivity index (χ1n) is 8.26. The molecule has 0 saturated carbocycles. The molecule has 0 amide bonds. The normalized spacial score (nSPS) is 17.8. The SMILES string of the molecule is COc1ccccc1NC(N)=NCC1CCN(c2ccccc2)C1. The van der Waals surface area contributed by atoms with Crippen LogP contribution in [0.2, 0.25) is 0 Å². The van der Waals surface area contributed by atoms with Crippen molar-refractivity contribution in [3.8, 4) is 5.75 Å². The van der Waals surface area contributed by atoms with Crippen molar-refractivity contribution in [3.05, 3.63) is 54.6 Å². The van der Waals surface area contributed by atoms with E-state index in [9.17, 15) is 0 Å². The third kappa shape index (κ3) is 3.98. The second-order valence-electron chi connectivity index (χ2n) is 5.99. The van der Waals surface area contributed by atoms with Crippen molar-refractivity contribution < 1.29 is 4.74 Å². The van der Waals surface area contributed by atoms with Crippen LogP contribution in [0.5, 0.6) is 5.75 Å². The van der Waals surface area contributed by atoms with Crippen LogP contribution in [0.25, 0.3) is 0 Å². The molecule has 0 aliphatic carbocycles. The van der Waals surface area contributed by atoms with Gasteiger partial charge < -0.3 is 20.7 Å². The third-order valence-corrected chi connectivity index (χ3v) is 4.30. The topological polar surface area (TPSA) is 62.9 Å². The second-order valence-corrected chi connectivity index (χ2v) is 5.99. The van der Waals surface area contributed by atoms with Crippen LogP contribution in [0.15, 0.2) is 59.6 Å². The third-order valence-electron chi connectivity index (χ3n) is 4.30. The average molecular weight is 324 g/mol. The van der Waals surface area contributed by atoms with Crippen LogP contribution in [0, 0.1) is 5.92 Å². The summed E-state index contributed by atoms with van der Waals surface area (Å²) in [4.78, 5) is 6.91. The number of para-hydroxylation sites is 3. The van der Waals surface area contributed by atoms with Crippen molar-refractivity contribution in [2.45, 2.75) is 6.42 Å². The number of anilines is 2. The summed E-state index contributed by atoms with van der Waals surface area (Å²) in [6, 6.07) is 18.2. The predicted octanol–water partition coefficient (Wildman–Crippen LogP) is 2.95. The van der Waals surface area contributed by atoms with Gasteiger partial charge >= 0.3 is 0 Å². The first-order chi connectivity index (χ1) is 11.8. The van der Waals surface area contributed by atoms with E-state index >= 15 is 0 Å². The summed E-state index contributed by atoms with van der Waals surface area (Å²) in [6.07, 6.45) is 1.14. The van der Waals surface area contributed by atoms with Crippen molar-refractivity contribution in [2.75, 3.05) is 37.0 Å². The van der Waals surface area contributed by atoms with Crippen molar-refractivity contribution >= 4 is 17.3 Å². The lowest BCUT2D eigenvalue weighted by Crippen LogP contribution is -2.25. The molecule has 0 spiro atoms. The number of hydrogen-bond acceptors (Lipinski definition) is 3. The molecular weight excluding hydrogens is 300 g/mol. The molecule has 1 saturated heterocycles. The molecular formula is C19H24N4O. The quantitative estimate of drug-likeness (QED) is 0.656. The number of aliphatic imine (C=N–C) groups is 1. The Kier molecular flexibility index (Phi) is 5.21. The molecule has 1 atom stereocenters. The van der Waals surface area contributed by atoms with Gasteiger partial charge in [0.2, 0.25) is 0 Å². The molecule has 0 aromatic heterocycles. The fourth-order valence-electron chi connectivity index (χ4n) is 3.01. The lowest BCUT2D eigenvalue weighted by Gasteiger charge is -2.18. The first kappa shape index (κ1) is 16.2. The Balaban J connectivity index is 1.54. The lowest BCUT2D eigenvalue weighted by molar-refractivity contribution is 0.417. The molecule has 0 radical (unpaired) electrons. The molecule has 2 aromatic carbocycles. The largest absolute Gasteiger partial charge is 0.495 e. The first-order valence-corrected chi connectivity index (χ1v) is 8.26. The maximum atomic E-state index is 6.02. The minimum Gasteiger partial charge on any atom is -0.495 e. The minimum absolute atomic E-state index is 0.428. The summed E-state index contributed by atoms with van der Waals surface area (Å²) in [7, 11) is 1.64. The highest BCUT2D eigenvalue weighted by atomic mass is 16.5. The molecule has 1 heterocycles. The number of nitrogens with two attached hydrogens (primary N) is 1. The monoisotopic (exact) mass is 324 g/mol. The van der Waals surface area contributed by atoms with Crippen molar-refractivity contribution in [3.63, 3.8) is 0 Å². The van der Waals surface area contributed by atoms with Gasteiger partial charge in [-0.1, -0.05) is 30.3 Å². The number of ether oxygens (including phenoxy) is 1. The zero-order valence-electron chi connectivity index (χ0n) is 14.0. The van der Waals surface area contributed by atoms with E-state index in [1.807, 2.05) is 30.3 Å². The zero-order chi connectivity index (χ0) is 16.8. The molecule has 5 nitrogen and oxygen atoms in total. The molecule has 1 aliphatic heterocycles. The van der Waals surface area contributed by atoms with E-state index in [0.29, 0.717) is 11.9 Å². The van der Waals surface area contributed by atoms with Crippen molar-refractivity contribution in [1.82, 2.24) is 0 Å². The number of nitrogens with zero attached hydrogens (tertiary/aromatic N) is 2. The Morgan fingerprint density at radius 2 is 1.96 bits per heavy atom. The summed E-state index contributed by atoms with van der Waals surface area (Å²) in [5.41, 5.74) is 8.14. The van der Waals surface area contributed by atoms with E-state index in [2.05, 4.69) is 39.5 Å². The van der Waals surface area contributed by atoms with Crippen LogP contribution in [0.1, 0.15) is 6.42 Å². The summed E-state index contributed by atoms with van der Waals surface area (Å²) in [6.45, 7) is 2.83. The molecule has 5 heteroatoms. The Morgan fingerprint density at radius 1 is 1.21 bits per heavy atom. The number of nitrogens with one attached hydrogen (secondary N) is 1. The molecule has 0 bridgehead atoms. The Hall–Kier alpha value is -2.69. The van der Waals surface area contributed by atoms with Gasteiger partial charge in [-0.25, -0.2) is 0 Å². The summed E-state index contributed by atoms with van der Waals surface area (Å²) >= 11 is 0. The molecule has 1 unspecified atom stereocenters. The number of guanidine groups is 1. The minimum atomic E-state index is 0.428. The van der Waals surface area contributed by atoms with E-state index in [-0.39, 0.29) is 0 Å². The predicted molar refractivity (Wildman–Crippen MR) is 99.9 cm³/mol. The van der Waals surface area contributed by atoms with E-state index in [1.165, 1.54) is 5.69 Å². The van der Waals surface area contributed by atoms with Gasteiger partial charge in [-0.2, -0.15) is 0 Å². The highest BCUT2D eigenvalue weighted by Gasteiger charge is 2.22. The Bertz CT molecular complexity index is 687. The van der Waals surface area contributed by atoms with E-state index in [1.54, 1.807) is 7.11 Å². The van der Waals surface area contributed by atoms with Crippen molar-refractivity contribution in [1.29, 1.82) is 0 Å². The lowest BCUT2D eigenvalue weighted by atomic mass is 10.1. The van der Waals surface area contributed by atoms with Crippen LogP contribution < -0.4 is 20.7 Å². The van der Waals surface area contributed by atoms with Gasteiger partial charge in [0.05, 0.1) is 12.8 Å². The van der Waals surface area contributed by atoms with Crippen LogP contribution in [0.3, 0.4) is 0 Å². The molecule has 3 rings (SSSR count). The highest BCUT2D eigenvalue weighted by Crippen LogP contribution is 2.24. The second kappa shape index (κ2) is 7.73. The molecule has 126 valence electrons. The van der Waals surface area contributed by atoms with Gasteiger partial charge in [0.25, 0.3) is 0 Å². The van der Waals surface area contributed by atoms with E-state index < -0.39 is 0 Å². The zero-order valence-corrected chi connectivity index (χ0v) is 14.0. The summed E-state index contributed by atoms with van der Waals surface area (Å²) < 4.78 is 5.31. The molecule has 2 aromatic rings. The van der Waals surface area contributed by atoms with Gasteiger partial charge in [-0.3, -0.25) is 4.99 Å². The smallest absolute Gasteiger partial charge is 0.193 e. The Morgan fingerprint density at radius 3 is 2.75 bits per heavy atom. The van der Waals surface area contributed by atoms with Gasteiger partial charge in [-0.05, 0) is 36.6 Å².